The van der Waals surface area contributed by atoms with E-state index < -0.39 is 0 Å². The molecule has 0 unspecified atom stereocenters. The molecular weight excluding hydrogens is 388 g/mol. The molecule has 1 aliphatic heterocycles. The molecule has 5 heteroatoms. The van der Waals surface area contributed by atoms with Gasteiger partial charge in [0.05, 0.1) is 13.5 Å². The van der Waals surface area contributed by atoms with Crippen LogP contribution in [0.3, 0.4) is 0 Å². The van der Waals surface area contributed by atoms with E-state index in [-0.39, 0.29) is 17.9 Å². The molecule has 2 aromatic carbocycles. The van der Waals surface area contributed by atoms with Gasteiger partial charge in [0, 0.05) is 30.8 Å². The number of methoxy groups -OCH3 is 1. The molecular formula is C26H32N2O3. The Bertz CT molecular complexity index is 911. The number of amides is 2. The number of carbonyl (C=O) groups is 2. The van der Waals surface area contributed by atoms with Crippen LogP contribution < -0.4 is 10.1 Å². The minimum Gasteiger partial charge on any atom is -0.496 e. The van der Waals surface area contributed by atoms with E-state index in [9.17, 15) is 9.59 Å². The predicted octanol–water partition coefficient (Wildman–Crippen LogP) is 4.18. The summed E-state index contributed by atoms with van der Waals surface area (Å²) in [4.78, 5) is 26.8. The molecule has 31 heavy (non-hydrogen) atoms. The topological polar surface area (TPSA) is 58.6 Å². The second-order valence-electron chi connectivity index (χ2n) is 8.31. The molecule has 1 N–H and O–H groups in total. The molecule has 0 bridgehead atoms. The molecule has 0 aromatic heterocycles. The van der Waals surface area contributed by atoms with Crippen LogP contribution in [-0.2, 0) is 16.0 Å². The van der Waals surface area contributed by atoms with Gasteiger partial charge in [-0.15, -0.1) is 0 Å². The first-order valence-electron chi connectivity index (χ1n) is 10.9. The van der Waals surface area contributed by atoms with Crippen molar-refractivity contribution in [2.24, 2.45) is 0 Å². The van der Waals surface area contributed by atoms with Crippen LogP contribution in [0.2, 0.25) is 0 Å². The molecule has 0 saturated carbocycles. The Morgan fingerprint density at radius 2 is 1.77 bits per heavy atom. The van der Waals surface area contributed by atoms with Crippen LogP contribution in [0.1, 0.15) is 49.3 Å². The number of hydrogen-bond acceptors (Lipinski definition) is 3. The number of para-hydroxylation sites is 1. The Labute approximate surface area is 185 Å². The third-order valence-corrected chi connectivity index (χ3v) is 5.76. The highest BCUT2D eigenvalue weighted by Crippen LogP contribution is 2.20. The normalized spacial score (nSPS) is 14.8. The van der Waals surface area contributed by atoms with Crippen molar-refractivity contribution in [1.82, 2.24) is 10.2 Å². The van der Waals surface area contributed by atoms with Crippen molar-refractivity contribution in [3.63, 3.8) is 0 Å². The van der Waals surface area contributed by atoms with Crippen molar-refractivity contribution in [2.75, 3.05) is 20.2 Å². The van der Waals surface area contributed by atoms with E-state index in [0.717, 1.165) is 29.7 Å². The number of carbonyl (C=O) groups excluding carboxylic acids is 2. The van der Waals surface area contributed by atoms with Crippen LogP contribution in [0.15, 0.2) is 54.6 Å². The largest absolute Gasteiger partial charge is 0.496 e. The van der Waals surface area contributed by atoms with E-state index in [1.807, 2.05) is 47.4 Å². The van der Waals surface area contributed by atoms with Crippen LogP contribution in [-0.4, -0.2) is 43.0 Å². The minimum absolute atomic E-state index is 0.0910. The summed E-state index contributed by atoms with van der Waals surface area (Å²) in [6.07, 6.45) is 5.29. The van der Waals surface area contributed by atoms with Gasteiger partial charge in [0.1, 0.15) is 5.75 Å². The van der Waals surface area contributed by atoms with E-state index in [1.54, 1.807) is 13.2 Å². The molecule has 0 spiro atoms. The van der Waals surface area contributed by atoms with Crippen molar-refractivity contribution in [1.29, 1.82) is 0 Å². The number of hydrogen-bond donors (Lipinski definition) is 1. The average Bonchev–Trinajstić information content (AvgIpc) is 2.78. The van der Waals surface area contributed by atoms with Gasteiger partial charge in [-0.2, -0.15) is 0 Å². The van der Waals surface area contributed by atoms with Gasteiger partial charge < -0.3 is 15.0 Å². The molecule has 2 aromatic rings. The fourth-order valence-corrected chi connectivity index (χ4v) is 3.81. The molecule has 0 atom stereocenters. The Morgan fingerprint density at radius 3 is 2.42 bits per heavy atom. The van der Waals surface area contributed by atoms with Crippen molar-refractivity contribution < 1.29 is 14.3 Å². The Kier molecular flexibility index (Phi) is 7.88. The summed E-state index contributed by atoms with van der Waals surface area (Å²) in [5.74, 6) is 1.24. The zero-order valence-corrected chi connectivity index (χ0v) is 18.6. The third kappa shape index (κ3) is 6.45. The van der Waals surface area contributed by atoms with Gasteiger partial charge in [0.15, 0.2) is 0 Å². The quantitative estimate of drug-likeness (QED) is 0.684. The van der Waals surface area contributed by atoms with Crippen LogP contribution in [0, 0.1) is 0 Å². The lowest BCUT2D eigenvalue weighted by atomic mass is 10.0. The summed E-state index contributed by atoms with van der Waals surface area (Å²) >= 11 is 0. The van der Waals surface area contributed by atoms with E-state index in [0.29, 0.717) is 25.4 Å². The van der Waals surface area contributed by atoms with Gasteiger partial charge in [-0.05, 0) is 42.0 Å². The third-order valence-electron chi connectivity index (χ3n) is 5.76. The Hall–Kier alpha value is -3.08. The summed E-state index contributed by atoms with van der Waals surface area (Å²) in [6.45, 7) is 5.63. The smallest absolute Gasteiger partial charge is 0.244 e. The fourth-order valence-electron chi connectivity index (χ4n) is 3.81. The number of nitrogens with one attached hydrogen (secondary N) is 1. The molecule has 1 aliphatic rings. The van der Waals surface area contributed by atoms with Gasteiger partial charge in [0.25, 0.3) is 0 Å². The summed E-state index contributed by atoms with van der Waals surface area (Å²) in [5, 5.41) is 3.06. The maximum absolute atomic E-state index is 12.7. The summed E-state index contributed by atoms with van der Waals surface area (Å²) in [6, 6.07) is 16.0. The summed E-state index contributed by atoms with van der Waals surface area (Å²) in [7, 11) is 1.62. The van der Waals surface area contributed by atoms with E-state index in [2.05, 4.69) is 31.3 Å². The van der Waals surface area contributed by atoms with Gasteiger partial charge in [-0.3, -0.25) is 9.59 Å². The molecule has 1 fully saturated rings. The zero-order valence-electron chi connectivity index (χ0n) is 18.6. The van der Waals surface area contributed by atoms with Crippen molar-refractivity contribution in [3.05, 3.63) is 71.3 Å². The molecule has 5 nitrogen and oxygen atoms in total. The predicted molar refractivity (Wildman–Crippen MR) is 124 cm³/mol. The summed E-state index contributed by atoms with van der Waals surface area (Å²) < 4.78 is 5.34. The maximum atomic E-state index is 12.7. The Morgan fingerprint density at radius 1 is 1.10 bits per heavy atom. The fraction of sp³-hybridized carbons (Fsp3) is 0.385. The van der Waals surface area contributed by atoms with E-state index >= 15 is 0 Å². The van der Waals surface area contributed by atoms with Crippen molar-refractivity contribution >= 4 is 17.9 Å². The van der Waals surface area contributed by atoms with Crippen LogP contribution in [0.5, 0.6) is 5.75 Å². The second-order valence-corrected chi connectivity index (χ2v) is 8.31. The zero-order chi connectivity index (χ0) is 22.2. The molecule has 2 amide bonds. The van der Waals surface area contributed by atoms with E-state index in [4.69, 9.17) is 4.74 Å². The summed E-state index contributed by atoms with van der Waals surface area (Å²) in [5.41, 5.74) is 3.20. The lowest BCUT2D eigenvalue weighted by molar-refractivity contribution is -0.131. The van der Waals surface area contributed by atoms with Crippen LogP contribution in [0.25, 0.3) is 6.08 Å². The van der Waals surface area contributed by atoms with Crippen molar-refractivity contribution in [3.8, 4) is 5.75 Å². The lowest BCUT2D eigenvalue weighted by Gasteiger charge is -2.32. The SMILES string of the molecule is COc1ccccc1CC(=O)N1CCC(NC(=O)/C=C/c2ccc(C(C)C)cc2)CC1. The van der Waals surface area contributed by atoms with Crippen LogP contribution in [0.4, 0.5) is 0 Å². The minimum atomic E-state index is -0.0910. The first-order chi connectivity index (χ1) is 15.0. The van der Waals surface area contributed by atoms with Gasteiger partial charge in [0.2, 0.25) is 11.8 Å². The first-order valence-corrected chi connectivity index (χ1v) is 10.9. The monoisotopic (exact) mass is 420 g/mol. The van der Waals surface area contributed by atoms with Crippen LogP contribution >= 0.6 is 0 Å². The van der Waals surface area contributed by atoms with Crippen molar-refractivity contribution in [2.45, 2.75) is 45.1 Å². The second kappa shape index (κ2) is 10.8. The standard InChI is InChI=1S/C26H32N2O3/c1-19(2)21-11-8-20(9-12-21)10-13-25(29)27-23-14-16-28(17-15-23)26(30)18-22-6-4-5-7-24(22)31-3/h4-13,19,23H,14-18H2,1-3H3,(H,27,29)/b13-10+. The highest BCUT2D eigenvalue weighted by atomic mass is 16.5. The number of nitrogens with zero attached hydrogens (tertiary/aromatic N) is 1. The average molecular weight is 421 g/mol. The highest BCUT2D eigenvalue weighted by Gasteiger charge is 2.24. The maximum Gasteiger partial charge on any atom is 0.244 e. The molecule has 0 radical (unpaired) electrons. The molecule has 1 heterocycles. The lowest BCUT2D eigenvalue weighted by Crippen LogP contribution is -2.46. The number of rotatable bonds is 7. The number of likely N-dealkylation sites (tertiary alicyclic amines) is 1. The van der Waals surface area contributed by atoms with Gasteiger partial charge >= 0.3 is 0 Å². The first kappa shape index (κ1) is 22.6. The molecule has 164 valence electrons. The highest BCUT2D eigenvalue weighted by molar-refractivity contribution is 5.92. The number of ether oxygens (including phenoxy) is 1. The number of piperidine rings is 1. The Balaban J connectivity index is 1.45. The van der Waals surface area contributed by atoms with E-state index in [1.165, 1.54) is 5.56 Å². The number of benzene rings is 2. The van der Waals surface area contributed by atoms with Gasteiger partial charge in [-0.1, -0.05) is 56.3 Å². The molecule has 3 rings (SSSR count). The van der Waals surface area contributed by atoms with Gasteiger partial charge in [-0.25, -0.2) is 0 Å². The molecule has 0 aliphatic carbocycles. The molecule has 1 saturated heterocycles.